The van der Waals surface area contributed by atoms with Crippen LogP contribution in [0.3, 0.4) is 0 Å². The molecule has 0 amide bonds. The Hall–Kier alpha value is -1.88. The van der Waals surface area contributed by atoms with Crippen LogP contribution in [0, 0.1) is 0 Å². The van der Waals surface area contributed by atoms with Crippen LogP contribution in [0.4, 0.5) is 11.4 Å². The van der Waals surface area contributed by atoms with Crippen LogP contribution < -0.4 is 15.1 Å². The quantitative estimate of drug-likeness (QED) is 0.486. The zero-order chi connectivity index (χ0) is 15.9. The molecule has 0 heterocycles. The number of carbonyl (C=O) groups is 1. The van der Waals surface area contributed by atoms with Gasteiger partial charge in [-0.25, -0.2) is 0 Å². The first-order valence-corrected chi connectivity index (χ1v) is 9.51. The number of nitrogens with one attached hydrogen (secondary N) is 2. The average Bonchev–Trinajstić information content (AvgIpc) is 2.55. The molecular weight excluding hydrogens is 363 g/mol. The van der Waals surface area contributed by atoms with Gasteiger partial charge in [0.2, 0.25) is 0 Å². The van der Waals surface area contributed by atoms with Crippen molar-refractivity contribution in [2.24, 2.45) is 0 Å². The SMILES string of the molecule is COC(=O)c1cc([Se]C)ccc1NC(=S)Nc1ccccc1. The molecule has 0 aliphatic rings. The van der Waals surface area contributed by atoms with Gasteiger partial charge in [0.15, 0.2) is 0 Å². The maximum atomic E-state index is 11.9. The van der Waals surface area contributed by atoms with Gasteiger partial charge < -0.3 is 0 Å². The molecular formula is C16H16N2O2SSe. The Kier molecular flexibility index (Phi) is 5.95. The van der Waals surface area contributed by atoms with E-state index in [0.717, 1.165) is 10.1 Å². The second kappa shape index (κ2) is 7.94. The molecule has 0 atom stereocenters. The fourth-order valence-corrected chi connectivity index (χ4v) is 2.99. The molecule has 0 bridgehead atoms. The Bertz CT molecular complexity index is 677. The summed E-state index contributed by atoms with van der Waals surface area (Å²) in [6.07, 6.45) is 0. The number of para-hydroxylation sites is 1. The second-order valence-corrected chi connectivity index (χ2v) is 6.60. The Morgan fingerprint density at radius 3 is 2.50 bits per heavy atom. The van der Waals surface area contributed by atoms with E-state index in [1.54, 1.807) is 0 Å². The molecule has 4 nitrogen and oxygen atoms in total. The number of ether oxygens (including phenoxy) is 1. The van der Waals surface area contributed by atoms with Crippen molar-refractivity contribution in [3.63, 3.8) is 0 Å². The van der Waals surface area contributed by atoms with Crippen molar-refractivity contribution in [2.75, 3.05) is 17.7 Å². The van der Waals surface area contributed by atoms with Crippen molar-refractivity contribution in [1.29, 1.82) is 0 Å². The summed E-state index contributed by atoms with van der Waals surface area (Å²) in [5, 5.41) is 6.55. The van der Waals surface area contributed by atoms with E-state index in [4.69, 9.17) is 17.0 Å². The molecule has 2 aromatic rings. The van der Waals surface area contributed by atoms with Gasteiger partial charge in [-0.3, -0.25) is 0 Å². The number of benzene rings is 2. The Labute approximate surface area is 141 Å². The predicted molar refractivity (Wildman–Crippen MR) is 95.3 cm³/mol. The summed E-state index contributed by atoms with van der Waals surface area (Å²) < 4.78 is 5.97. The van der Waals surface area contributed by atoms with Crippen LogP contribution in [-0.2, 0) is 4.74 Å². The monoisotopic (exact) mass is 380 g/mol. The summed E-state index contributed by atoms with van der Waals surface area (Å²) in [5.41, 5.74) is 2.00. The van der Waals surface area contributed by atoms with Gasteiger partial charge in [0, 0.05) is 0 Å². The molecule has 0 aliphatic heterocycles. The van der Waals surface area contributed by atoms with Crippen molar-refractivity contribution in [1.82, 2.24) is 0 Å². The first-order valence-electron chi connectivity index (χ1n) is 6.53. The molecule has 2 N–H and O–H groups in total. The summed E-state index contributed by atoms with van der Waals surface area (Å²) in [6.45, 7) is 0. The molecule has 0 aromatic heterocycles. The van der Waals surface area contributed by atoms with E-state index in [9.17, 15) is 4.79 Å². The number of hydrogen-bond acceptors (Lipinski definition) is 3. The number of rotatable bonds is 4. The van der Waals surface area contributed by atoms with E-state index in [0.29, 0.717) is 31.3 Å². The molecule has 0 fully saturated rings. The summed E-state index contributed by atoms with van der Waals surface area (Å²) >= 11 is 5.60. The van der Waals surface area contributed by atoms with Crippen LogP contribution >= 0.6 is 12.2 Å². The summed E-state index contributed by atoms with van der Waals surface area (Å²) in [5.74, 6) is 1.72. The van der Waals surface area contributed by atoms with Gasteiger partial charge in [-0.1, -0.05) is 0 Å². The number of anilines is 2. The molecule has 114 valence electrons. The Balaban J connectivity index is 2.17. The van der Waals surface area contributed by atoms with Gasteiger partial charge in [0.1, 0.15) is 0 Å². The standard InChI is InChI=1S/C16H16N2O2SSe/c1-20-15(19)13-10-12(22-2)8-9-14(13)18-16(21)17-11-6-4-3-5-7-11/h3-10H,1-2H3,(H2,17,18,21). The van der Waals surface area contributed by atoms with Crippen LogP contribution in [0.5, 0.6) is 0 Å². The van der Waals surface area contributed by atoms with Crippen LogP contribution in [0.25, 0.3) is 0 Å². The van der Waals surface area contributed by atoms with E-state index in [1.165, 1.54) is 7.11 Å². The van der Waals surface area contributed by atoms with Gasteiger partial charge in [0.05, 0.1) is 0 Å². The molecule has 0 saturated carbocycles. The fourth-order valence-electron chi connectivity index (χ4n) is 1.84. The molecule has 22 heavy (non-hydrogen) atoms. The fraction of sp³-hybridized carbons (Fsp3) is 0.125. The van der Waals surface area contributed by atoms with Gasteiger partial charge in [-0.15, -0.1) is 0 Å². The third-order valence-corrected chi connectivity index (χ3v) is 4.64. The van der Waals surface area contributed by atoms with Crippen LogP contribution in [0.2, 0.25) is 5.82 Å². The van der Waals surface area contributed by atoms with Crippen LogP contribution in [-0.4, -0.2) is 33.1 Å². The first-order chi connectivity index (χ1) is 10.6. The predicted octanol–water partition coefficient (Wildman–Crippen LogP) is 2.66. The average molecular weight is 379 g/mol. The van der Waals surface area contributed by atoms with Crippen molar-refractivity contribution < 1.29 is 9.53 Å². The van der Waals surface area contributed by atoms with Crippen LogP contribution in [0.1, 0.15) is 10.4 Å². The van der Waals surface area contributed by atoms with Crippen molar-refractivity contribution in [3.05, 3.63) is 54.1 Å². The van der Waals surface area contributed by atoms with Gasteiger partial charge >= 0.3 is 141 Å². The van der Waals surface area contributed by atoms with Gasteiger partial charge in [0.25, 0.3) is 0 Å². The third-order valence-electron chi connectivity index (χ3n) is 2.91. The number of esters is 1. The number of thiocarbonyl (C=S) groups is 1. The molecule has 0 aliphatic carbocycles. The maximum absolute atomic E-state index is 11.9. The van der Waals surface area contributed by atoms with E-state index in [1.807, 2.05) is 48.5 Å². The van der Waals surface area contributed by atoms with Crippen molar-refractivity contribution >= 4 is 54.1 Å². The number of carbonyl (C=O) groups excluding carboxylic acids is 1. The van der Waals surface area contributed by atoms with Gasteiger partial charge in [-0.05, 0) is 0 Å². The molecule has 0 saturated heterocycles. The first kappa shape index (κ1) is 16.5. The number of methoxy groups -OCH3 is 1. The zero-order valence-corrected chi connectivity index (χ0v) is 14.8. The molecule has 2 rings (SSSR count). The summed E-state index contributed by atoms with van der Waals surface area (Å²) in [7, 11) is 1.37. The van der Waals surface area contributed by atoms with Crippen LogP contribution in [0.15, 0.2) is 48.5 Å². The van der Waals surface area contributed by atoms with E-state index < -0.39 is 0 Å². The van der Waals surface area contributed by atoms with Crippen molar-refractivity contribution in [2.45, 2.75) is 5.82 Å². The summed E-state index contributed by atoms with van der Waals surface area (Å²) in [4.78, 5) is 11.9. The Morgan fingerprint density at radius 1 is 1.14 bits per heavy atom. The topological polar surface area (TPSA) is 50.4 Å². The third kappa shape index (κ3) is 4.31. The molecule has 2 aromatic carbocycles. The number of hydrogen-bond donors (Lipinski definition) is 2. The minimum absolute atomic E-state index is 0.310. The Morgan fingerprint density at radius 2 is 1.86 bits per heavy atom. The second-order valence-electron chi connectivity index (χ2n) is 4.35. The van der Waals surface area contributed by atoms with E-state index in [2.05, 4.69) is 16.5 Å². The molecule has 0 radical (unpaired) electrons. The van der Waals surface area contributed by atoms with Crippen molar-refractivity contribution in [3.8, 4) is 0 Å². The zero-order valence-electron chi connectivity index (χ0n) is 12.3. The molecule has 0 unspecified atom stereocenters. The molecule has 0 spiro atoms. The molecule has 6 heteroatoms. The minimum atomic E-state index is -0.379. The van der Waals surface area contributed by atoms with E-state index in [-0.39, 0.29) is 5.97 Å². The van der Waals surface area contributed by atoms with Gasteiger partial charge in [-0.2, -0.15) is 0 Å². The summed E-state index contributed by atoms with van der Waals surface area (Å²) in [6, 6.07) is 15.3. The van der Waals surface area contributed by atoms with E-state index >= 15 is 0 Å². The normalized spacial score (nSPS) is 9.91.